The van der Waals surface area contributed by atoms with Gasteiger partial charge in [0.05, 0.1) is 11.6 Å². The molecule has 0 bridgehead atoms. The van der Waals surface area contributed by atoms with Crippen molar-refractivity contribution < 1.29 is 18.0 Å². The number of nitrogens with zero attached hydrogens (tertiary/aromatic N) is 2. The molecule has 29 heavy (non-hydrogen) atoms. The number of hydrogen-bond donors (Lipinski definition) is 1. The maximum Gasteiger partial charge on any atom is 0.416 e. The molecule has 0 spiro atoms. The molecule has 0 saturated carbocycles. The summed E-state index contributed by atoms with van der Waals surface area (Å²) in [5.74, 6) is 0.106. The Labute approximate surface area is 173 Å². The first kappa shape index (κ1) is 21.6. The molecule has 2 aromatic carbocycles. The van der Waals surface area contributed by atoms with Gasteiger partial charge < -0.3 is 10.6 Å². The lowest BCUT2D eigenvalue weighted by Crippen LogP contribution is -2.41. The highest BCUT2D eigenvalue weighted by Gasteiger charge is 2.42. The van der Waals surface area contributed by atoms with Gasteiger partial charge in [-0.15, -0.1) is 12.4 Å². The van der Waals surface area contributed by atoms with Crippen molar-refractivity contribution in [2.75, 3.05) is 24.5 Å². The van der Waals surface area contributed by atoms with Crippen LogP contribution in [0.4, 0.5) is 18.9 Å². The van der Waals surface area contributed by atoms with Gasteiger partial charge in [0.15, 0.2) is 0 Å². The molecule has 1 unspecified atom stereocenters. The van der Waals surface area contributed by atoms with Crippen molar-refractivity contribution >= 4 is 24.0 Å². The Bertz CT molecular complexity index is 844. The molecule has 8 heteroatoms. The summed E-state index contributed by atoms with van der Waals surface area (Å²) in [5, 5.41) is 0. The maximum atomic E-state index is 12.9. The van der Waals surface area contributed by atoms with Crippen molar-refractivity contribution in [1.29, 1.82) is 0 Å². The zero-order valence-corrected chi connectivity index (χ0v) is 16.5. The molecule has 1 amide bonds. The second kappa shape index (κ2) is 8.34. The monoisotopic (exact) mass is 425 g/mol. The van der Waals surface area contributed by atoms with E-state index in [1.807, 2.05) is 18.2 Å². The average molecular weight is 426 g/mol. The number of likely N-dealkylation sites (tertiary alicyclic amines) is 1. The normalized spacial score (nSPS) is 25.3. The number of halogens is 4. The van der Waals surface area contributed by atoms with Crippen molar-refractivity contribution in [2.45, 2.75) is 30.6 Å². The van der Waals surface area contributed by atoms with Crippen molar-refractivity contribution in [3.05, 3.63) is 65.7 Å². The quantitative estimate of drug-likeness (QED) is 0.816. The van der Waals surface area contributed by atoms with Gasteiger partial charge in [-0.3, -0.25) is 9.69 Å². The highest BCUT2D eigenvalue weighted by Crippen LogP contribution is 2.34. The number of carbonyl (C=O) groups excluding carboxylic acids is 1. The third-order valence-electron chi connectivity index (χ3n) is 5.75. The van der Waals surface area contributed by atoms with Gasteiger partial charge in [0.1, 0.15) is 0 Å². The predicted molar refractivity (Wildman–Crippen MR) is 108 cm³/mol. The smallest absolute Gasteiger partial charge is 0.326 e. The van der Waals surface area contributed by atoms with E-state index in [4.69, 9.17) is 5.73 Å². The Balaban J connectivity index is 0.00000240. The Morgan fingerprint density at radius 1 is 0.966 bits per heavy atom. The van der Waals surface area contributed by atoms with Crippen LogP contribution in [0.1, 0.15) is 23.5 Å². The molecule has 4 rings (SSSR count). The van der Waals surface area contributed by atoms with E-state index in [1.165, 1.54) is 17.7 Å². The van der Waals surface area contributed by atoms with Crippen LogP contribution in [0.25, 0.3) is 0 Å². The lowest BCUT2D eigenvalue weighted by atomic mass is 9.95. The minimum Gasteiger partial charge on any atom is -0.326 e. The number of rotatable bonds is 3. The first-order chi connectivity index (χ1) is 13.3. The molecule has 2 aliphatic heterocycles. The molecule has 0 aromatic heterocycles. The van der Waals surface area contributed by atoms with Gasteiger partial charge in [-0.25, -0.2) is 0 Å². The van der Waals surface area contributed by atoms with Crippen LogP contribution in [0.15, 0.2) is 54.6 Å². The van der Waals surface area contributed by atoms with Crippen LogP contribution in [0.5, 0.6) is 0 Å². The third kappa shape index (κ3) is 4.27. The molecular weight excluding hydrogens is 403 g/mol. The minimum absolute atomic E-state index is 0. The summed E-state index contributed by atoms with van der Waals surface area (Å²) >= 11 is 0. The van der Waals surface area contributed by atoms with E-state index in [9.17, 15) is 18.0 Å². The van der Waals surface area contributed by atoms with Gasteiger partial charge in [-0.1, -0.05) is 30.3 Å². The van der Waals surface area contributed by atoms with Crippen LogP contribution in [-0.4, -0.2) is 42.5 Å². The second-order valence-corrected chi connectivity index (χ2v) is 7.47. The van der Waals surface area contributed by atoms with Crippen LogP contribution in [0.3, 0.4) is 0 Å². The molecule has 2 aliphatic rings. The van der Waals surface area contributed by atoms with Crippen molar-refractivity contribution in [3.8, 4) is 0 Å². The first-order valence-electron chi connectivity index (χ1n) is 9.38. The van der Waals surface area contributed by atoms with Gasteiger partial charge in [-0.2, -0.15) is 13.2 Å². The van der Waals surface area contributed by atoms with Crippen molar-refractivity contribution in [1.82, 2.24) is 4.90 Å². The molecule has 2 saturated heterocycles. The summed E-state index contributed by atoms with van der Waals surface area (Å²) in [6, 6.07) is 14.5. The highest BCUT2D eigenvalue weighted by molar-refractivity contribution is 5.99. The fourth-order valence-electron chi connectivity index (χ4n) is 4.26. The van der Waals surface area contributed by atoms with Crippen LogP contribution in [0.2, 0.25) is 0 Å². The predicted octanol–water partition coefficient (Wildman–Crippen LogP) is 3.66. The summed E-state index contributed by atoms with van der Waals surface area (Å²) in [6.07, 6.45) is -3.73. The lowest BCUT2D eigenvalue weighted by molar-refractivity contribution is -0.137. The fraction of sp³-hybridized carbons (Fsp3) is 0.381. The molecule has 2 N–H and O–H groups in total. The van der Waals surface area contributed by atoms with Gasteiger partial charge in [0.25, 0.3) is 0 Å². The van der Waals surface area contributed by atoms with Crippen LogP contribution in [-0.2, 0) is 11.0 Å². The standard InChI is InChI=1S/C21H22F3N3O.ClH/c22-21(23,24)15-6-8-16(9-7-15)27-11-10-19(20(27)28)26-12-17(18(25)13-26)14-4-2-1-3-5-14;/h1-9,17-19H,10-13,25H2;1H/t17-,18+,19?;/m0./s1. The van der Waals surface area contributed by atoms with E-state index in [1.54, 1.807) is 4.90 Å². The zero-order valence-electron chi connectivity index (χ0n) is 15.7. The SMILES string of the molecule is Cl.N[C@@H]1CN(C2CCN(c3ccc(C(F)(F)F)cc3)C2=O)C[C@H]1c1ccccc1. The van der Waals surface area contributed by atoms with Gasteiger partial charge >= 0.3 is 6.18 Å². The number of carbonyl (C=O) groups is 1. The molecular formula is C21H23ClF3N3O. The number of alkyl halides is 3. The van der Waals surface area contributed by atoms with Crippen molar-refractivity contribution in [3.63, 3.8) is 0 Å². The molecule has 2 heterocycles. The van der Waals surface area contributed by atoms with E-state index >= 15 is 0 Å². The molecule has 2 fully saturated rings. The summed E-state index contributed by atoms with van der Waals surface area (Å²) in [5.41, 5.74) is 7.30. The summed E-state index contributed by atoms with van der Waals surface area (Å²) in [6.45, 7) is 1.84. The molecule has 4 nitrogen and oxygen atoms in total. The van der Waals surface area contributed by atoms with Crippen LogP contribution >= 0.6 is 12.4 Å². The second-order valence-electron chi connectivity index (χ2n) is 7.47. The average Bonchev–Trinajstić information content (AvgIpc) is 3.24. The Morgan fingerprint density at radius 3 is 2.24 bits per heavy atom. The number of nitrogens with two attached hydrogens (primary N) is 1. The van der Waals surface area contributed by atoms with E-state index in [2.05, 4.69) is 17.0 Å². The van der Waals surface area contributed by atoms with Crippen LogP contribution in [0, 0.1) is 0 Å². The molecule has 156 valence electrons. The largest absolute Gasteiger partial charge is 0.416 e. The van der Waals surface area contributed by atoms with Gasteiger partial charge in [0.2, 0.25) is 5.91 Å². The number of amides is 1. The Kier molecular flexibility index (Phi) is 6.22. The number of anilines is 1. The number of benzene rings is 2. The van der Waals surface area contributed by atoms with Crippen LogP contribution < -0.4 is 10.6 Å². The fourth-order valence-corrected chi connectivity index (χ4v) is 4.26. The molecule has 0 radical (unpaired) electrons. The zero-order chi connectivity index (χ0) is 19.9. The molecule has 2 aromatic rings. The summed E-state index contributed by atoms with van der Waals surface area (Å²) in [4.78, 5) is 16.6. The van der Waals surface area contributed by atoms with E-state index in [0.29, 0.717) is 31.7 Å². The molecule has 0 aliphatic carbocycles. The van der Waals surface area contributed by atoms with E-state index < -0.39 is 11.7 Å². The summed E-state index contributed by atoms with van der Waals surface area (Å²) < 4.78 is 38.3. The van der Waals surface area contributed by atoms with Crippen molar-refractivity contribution in [2.24, 2.45) is 5.73 Å². The lowest BCUT2D eigenvalue weighted by Gasteiger charge is -2.23. The number of hydrogen-bond acceptors (Lipinski definition) is 3. The minimum atomic E-state index is -4.38. The summed E-state index contributed by atoms with van der Waals surface area (Å²) in [7, 11) is 0. The molecule has 3 atom stereocenters. The van der Waals surface area contributed by atoms with E-state index in [-0.39, 0.29) is 36.3 Å². The first-order valence-corrected chi connectivity index (χ1v) is 9.38. The topological polar surface area (TPSA) is 49.6 Å². The Morgan fingerprint density at radius 2 is 1.62 bits per heavy atom. The van der Waals surface area contributed by atoms with E-state index in [0.717, 1.165) is 12.1 Å². The third-order valence-corrected chi connectivity index (χ3v) is 5.75. The Hall–Kier alpha value is -2.09. The van der Waals surface area contributed by atoms with Gasteiger partial charge in [-0.05, 0) is 36.2 Å². The maximum absolute atomic E-state index is 12.9. The van der Waals surface area contributed by atoms with Gasteiger partial charge in [0, 0.05) is 37.3 Å². The highest BCUT2D eigenvalue weighted by atomic mass is 35.5.